The van der Waals surface area contributed by atoms with Crippen molar-refractivity contribution in [1.29, 1.82) is 0 Å². The van der Waals surface area contributed by atoms with Crippen LogP contribution in [0.15, 0.2) is 47.3 Å². The first kappa shape index (κ1) is 17.0. The second-order valence-corrected chi connectivity index (χ2v) is 6.08. The quantitative estimate of drug-likeness (QED) is 0.706. The SMILES string of the molecule is COc1ccc(C(=O)NCCn2ccc(-c3ccsc3)n2)cc1OC. The van der Waals surface area contributed by atoms with E-state index in [1.807, 2.05) is 28.4 Å². The van der Waals surface area contributed by atoms with E-state index in [4.69, 9.17) is 9.47 Å². The van der Waals surface area contributed by atoms with E-state index in [1.165, 1.54) is 0 Å². The molecule has 2 heterocycles. The molecule has 0 aliphatic heterocycles. The van der Waals surface area contributed by atoms with Gasteiger partial charge in [0.1, 0.15) is 0 Å². The van der Waals surface area contributed by atoms with E-state index in [1.54, 1.807) is 43.8 Å². The molecule has 0 radical (unpaired) electrons. The topological polar surface area (TPSA) is 65.4 Å². The van der Waals surface area contributed by atoms with Crippen LogP contribution >= 0.6 is 11.3 Å². The molecule has 1 N–H and O–H groups in total. The third kappa shape index (κ3) is 4.00. The summed E-state index contributed by atoms with van der Waals surface area (Å²) in [6.07, 6.45) is 1.91. The fourth-order valence-corrected chi connectivity index (χ4v) is 3.06. The Morgan fingerprint density at radius 3 is 2.76 bits per heavy atom. The summed E-state index contributed by atoms with van der Waals surface area (Å²) in [6.45, 7) is 1.08. The van der Waals surface area contributed by atoms with E-state index in [2.05, 4.69) is 15.8 Å². The Morgan fingerprint density at radius 2 is 2.04 bits per heavy atom. The van der Waals surface area contributed by atoms with Crippen molar-refractivity contribution in [3.63, 3.8) is 0 Å². The molecule has 0 bridgehead atoms. The lowest BCUT2D eigenvalue weighted by Gasteiger charge is -2.10. The van der Waals surface area contributed by atoms with E-state index in [0.717, 1.165) is 11.3 Å². The van der Waals surface area contributed by atoms with Gasteiger partial charge in [-0.15, -0.1) is 0 Å². The highest BCUT2D eigenvalue weighted by molar-refractivity contribution is 7.08. The summed E-state index contributed by atoms with van der Waals surface area (Å²) in [5.74, 6) is 0.963. The van der Waals surface area contributed by atoms with E-state index < -0.39 is 0 Å². The number of benzene rings is 1. The fraction of sp³-hybridized carbons (Fsp3) is 0.222. The van der Waals surface area contributed by atoms with Gasteiger partial charge in [0.25, 0.3) is 5.91 Å². The van der Waals surface area contributed by atoms with Crippen LogP contribution in [0.5, 0.6) is 11.5 Å². The Labute approximate surface area is 150 Å². The molecule has 2 aromatic heterocycles. The van der Waals surface area contributed by atoms with E-state index in [9.17, 15) is 4.79 Å². The number of amides is 1. The molecule has 7 heteroatoms. The average Bonchev–Trinajstić information content (AvgIpc) is 3.32. The maximum atomic E-state index is 12.3. The van der Waals surface area contributed by atoms with Gasteiger partial charge < -0.3 is 14.8 Å². The Hall–Kier alpha value is -2.80. The minimum Gasteiger partial charge on any atom is -0.493 e. The molecule has 0 aliphatic rings. The van der Waals surface area contributed by atoms with Gasteiger partial charge in [-0.05, 0) is 35.7 Å². The Balaban J connectivity index is 1.56. The van der Waals surface area contributed by atoms with Crippen LogP contribution in [-0.4, -0.2) is 36.5 Å². The molecule has 0 spiro atoms. The van der Waals surface area contributed by atoms with Gasteiger partial charge in [0.05, 0.1) is 26.5 Å². The van der Waals surface area contributed by atoms with Gasteiger partial charge in [0, 0.05) is 29.2 Å². The summed E-state index contributed by atoms with van der Waals surface area (Å²) >= 11 is 1.64. The monoisotopic (exact) mass is 357 g/mol. The zero-order chi connectivity index (χ0) is 17.6. The average molecular weight is 357 g/mol. The highest BCUT2D eigenvalue weighted by Gasteiger charge is 2.10. The Bertz CT molecular complexity index is 843. The van der Waals surface area contributed by atoms with Gasteiger partial charge in [-0.1, -0.05) is 0 Å². The summed E-state index contributed by atoms with van der Waals surface area (Å²) < 4.78 is 12.2. The number of methoxy groups -OCH3 is 2. The highest BCUT2D eigenvalue weighted by Crippen LogP contribution is 2.27. The molecule has 25 heavy (non-hydrogen) atoms. The van der Waals surface area contributed by atoms with Crippen LogP contribution in [0.2, 0.25) is 0 Å². The van der Waals surface area contributed by atoms with Crippen LogP contribution in [0.1, 0.15) is 10.4 Å². The molecule has 6 nitrogen and oxygen atoms in total. The molecule has 1 aromatic carbocycles. The summed E-state index contributed by atoms with van der Waals surface area (Å²) in [7, 11) is 3.11. The zero-order valence-corrected chi connectivity index (χ0v) is 14.9. The van der Waals surface area contributed by atoms with Crippen molar-refractivity contribution in [3.05, 3.63) is 52.9 Å². The molecule has 3 aromatic rings. The third-order valence-electron chi connectivity index (χ3n) is 3.73. The second-order valence-electron chi connectivity index (χ2n) is 5.30. The number of ether oxygens (including phenoxy) is 2. The van der Waals surface area contributed by atoms with Gasteiger partial charge >= 0.3 is 0 Å². The predicted molar refractivity (Wildman–Crippen MR) is 97.4 cm³/mol. The van der Waals surface area contributed by atoms with Gasteiger partial charge in [-0.3, -0.25) is 9.48 Å². The summed E-state index contributed by atoms with van der Waals surface area (Å²) in [5.41, 5.74) is 2.57. The lowest BCUT2D eigenvalue weighted by molar-refractivity contribution is 0.0951. The molecule has 130 valence electrons. The third-order valence-corrected chi connectivity index (χ3v) is 4.41. The number of nitrogens with one attached hydrogen (secondary N) is 1. The Kier molecular flexibility index (Phi) is 5.35. The number of thiophene rings is 1. The second kappa shape index (κ2) is 7.85. The molecular weight excluding hydrogens is 338 g/mol. The minimum atomic E-state index is -0.161. The maximum absolute atomic E-state index is 12.3. The van der Waals surface area contributed by atoms with Crippen molar-refractivity contribution < 1.29 is 14.3 Å². The van der Waals surface area contributed by atoms with Crippen molar-refractivity contribution in [2.45, 2.75) is 6.54 Å². The van der Waals surface area contributed by atoms with Crippen molar-refractivity contribution in [1.82, 2.24) is 15.1 Å². The van der Waals surface area contributed by atoms with Gasteiger partial charge in [-0.25, -0.2) is 0 Å². The van der Waals surface area contributed by atoms with Crippen LogP contribution in [0.3, 0.4) is 0 Å². The van der Waals surface area contributed by atoms with Gasteiger partial charge in [0.15, 0.2) is 11.5 Å². The van der Waals surface area contributed by atoms with Crippen LogP contribution in [0, 0.1) is 0 Å². The fourth-order valence-electron chi connectivity index (χ4n) is 2.41. The van der Waals surface area contributed by atoms with Crippen LogP contribution in [0.25, 0.3) is 11.3 Å². The van der Waals surface area contributed by atoms with Crippen LogP contribution < -0.4 is 14.8 Å². The molecule has 0 aliphatic carbocycles. The molecule has 0 saturated carbocycles. The van der Waals surface area contributed by atoms with E-state index >= 15 is 0 Å². The number of aromatic nitrogens is 2. The lowest BCUT2D eigenvalue weighted by atomic mass is 10.2. The lowest BCUT2D eigenvalue weighted by Crippen LogP contribution is -2.27. The first-order chi connectivity index (χ1) is 12.2. The first-order valence-corrected chi connectivity index (χ1v) is 8.72. The number of hydrogen-bond acceptors (Lipinski definition) is 5. The van der Waals surface area contributed by atoms with Crippen molar-refractivity contribution in [2.24, 2.45) is 0 Å². The number of rotatable bonds is 7. The summed E-state index contributed by atoms with van der Waals surface area (Å²) in [5, 5.41) is 11.5. The largest absolute Gasteiger partial charge is 0.493 e. The molecule has 3 rings (SSSR count). The van der Waals surface area contributed by atoms with Crippen molar-refractivity contribution >= 4 is 17.2 Å². The standard InChI is InChI=1S/C18H19N3O3S/c1-23-16-4-3-13(11-17(16)24-2)18(22)19-7-9-21-8-5-15(20-21)14-6-10-25-12-14/h3-6,8,10-12H,7,9H2,1-2H3,(H,19,22). The van der Waals surface area contributed by atoms with E-state index in [0.29, 0.717) is 30.2 Å². The number of nitrogens with zero attached hydrogens (tertiary/aromatic N) is 2. The predicted octanol–water partition coefficient (Wildman–Crippen LogP) is 3.06. The normalized spacial score (nSPS) is 10.5. The smallest absolute Gasteiger partial charge is 0.251 e. The maximum Gasteiger partial charge on any atom is 0.251 e. The van der Waals surface area contributed by atoms with Crippen LogP contribution in [0.4, 0.5) is 0 Å². The zero-order valence-electron chi connectivity index (χ0n) is 14.1. The van der Waals surface area contributed by atoms with E-state index in [-0.39, 0.29) is 5.91 Å². The number of carbonyl (C=O) groups excluding carboxylic acids is 1. The molecular formula is C18H19N3O3S. The Morgan fingerprint density at radius 1 is 1.20 bits per heavy atom. The van der Waals surface area contributed by atoms with Crippen LogP contribution in [-0.2, 0) is 6.54 Å². The van der Waals surface area contributed by atoms with Crippen molar-refractivity contribution in [3.8, 4) is 22.8 Å². The van der Waals surface area contributed by atoms with Crippen molar-refractivity contribution in [2.75, 3.05) is 20.8 Å². The summed E-state index contributed by atoms with van der Waals surface area (Å²) in [6, 6.07) is 9.10. The number of hydrogen-bond donors (Lipinski definition) is 1. The first-order valence-electron chi connectivity index (χ1n) is 7.77. The minimum absolute atomic E-state index is 0.161. The molecule has 0 fully saturated rings. The molecule has 0 unspecified atom stereocenters. The van der Waals surface area contributed by atoms with Gasteiger partial charge in [0.2, 0.25) is 0 Å². The molecule has 0 atom stereocenters. The number of carbonyl (C=O) groups is 1. The van der Waals surface area contributed by atoms with Gasteiger partial charge in [-0.2, -0.15) is 16.4 Å². The molecule has 0 saturated heterocycles. The molecule has 1 amide bonds. The summed E-state index contributed by atoms with van der Waals surface area (Å²) in [4.78, 5) is 12.3. The highest BCUT2D eigenvalue weighted by atomic mass is 32.1.